The molecule has 1 amide bonds. The fraction of sp³-hybridized carbons (Fsp3) is 0.227. The molecule has 3 heteroatoms. The molecule has 1 saturated carbocycles. The normalized spacial score (nSPS) is 17.9. The molecule has 1 aliphatic carbocycles. The van der Waals surface area contributed by atoms with Crippen molar-refractivity contribution in [2.45, 2.75) is 25.3 Å². The lowest BCUT2D eigenvalue weighted by atomic mass is 9.85. The Kier molecular flexibility index (Phi) is 3.92. The Hall–Kier alpha value is -2.81. The quantitative estimate of drug-likeness (QED) is 0.761. The number of rotatable bonds is 5. The van der Waals surface area contributed by atoms with E-state index < -0.39 is 0 Å². The topological polar surface area (TPSA) is 42.2 Å². The smallest absolute Gasteiger partial charge is 0.224 e. The molecule has 1 atom stereocenters. The molecule has 1 aliphatic rings. The summed E-state index contributed by atoms with van der Waals surface area (Å²) in [6.45, 7) is 2.34. The second kappa shape index (κ2) is 6.25. The zero-order chi connectivity index (χ0) is 17.3. The van der Waals surface area contributed by atoms with Gasteiger partial charge in [-0.15, -0.1) is 0 Å². The van der Waals surface area contributed by atoms with Gasteiger partial charge < -0.3 is 9.73 Å². The third-order valence-corrected chi connectivity index (χ3v) is 5.09. The van der Waals surface area contributed by atoms with Crippen LogP contribution in [0.15, 0.2) is 77.2 Å². The predicted molar refractivity (Wildman–Crippen MR) is 97.1 cm³/mol. The van der Waals surface area contributed by atoms with E-state index in [0.29, 0.717) is 6.54 Å². The Morgan fingerprint density at radius 1 is 1.00 bits per heavy atom. The summed E-state index contributed by atoms with van der Waals surface area (Å²) in [7, 11) is 0. The molecule has 3 aromatic rings. The van der Waals surface area contributed by atoms with Crippen molar-refractivity contribution >= 4 is 5.91 Å². The van der Waals surface area contributed by atoms with E-state index in [1.165, 1.54) is 11.1 Å². The molecule has 2 aromatic carbocycles. The highest BCUT2D eigenvalue weighted by molar-refractivity contribution is 5.86. The van der Waals surface area contributed by atoms with Gasteiger partial charge in [-0.2, -0.15) is 0 Å². The Morgan fingerprint density at radius 3 is 2.12 bits per heavy atom. The van der Waals surface area contributed by atoms with E-state index in [9.17, 15) is 4.79 Å². The van der Waals surface area contributed by atoms with Crippen LogP contribution in [0.3, 0.4) is 0 Å². The third-order valence-electron chi connectivity index (χ3n) is 5.09. The lowest BCUT2D eigenvalue weighted by Crippen LogP contribution is -2.28. The first-order chi connectivity index (χ1) is 12.2. The summed E-state index contributed by atoms with van der Waals surface area (Å²) < 4.78 is 5.54. The van der Waals surface area contributed by atoms with Crippen LogP contribution in [0, 0.1) is 12.8 Å². The average Bonchev–Trinajstić information content (AvgIpc) is 3.30. The fourth-order valence-electron chi connectivity index (χ4n) is 3.73. The van der Waals surface area contributed by atoms with Crippen LogP contribution >= 0.6 is 0 Å². The van der Waals surface area contributed by atoms with Crippen molar-refractivity contribution in [3.8, 4) is 0 Å². The number of aryl methyl sites for hydroxylation is 1. The number of amides is 1. The number of carbonyl (C=O) groups is 1. The maximum absolute atomic E-state index is 12.8. The van der Waals surface area contributed by atoms with Crippen LogP contribution in [0.4, 0.5) is 0 Å². The number of furan rings is 1. The molecule has 0 radical (unpaired) electrons. The van der Waals surface area contributed by atoms with Crippen LogP contribution < -0.4 is 5.32 Å². The second-order valence-corrected chi connectivity index (χ2v) is 6.69. The van der Waals surface area contributed by atoms with Gasteiger partial charge in [-0.05, 0) is 36.6 Å². The first-order valence-corrected chi connectivity index (χ1v) is 8.64. The second-order valence-electron chi connectivity index (χ2n) is 6.69. The molecule has 4 rings (SSSR count). The Bertz CT molecular complexity index is 828. The molecule has 126 valence electrons. The molecule has 0 aliphatic heterocycles. The van der Waals surface area contributed by atoms with E-state index >= 15 is 0 Å². The minimum atomic E-state index is -0.217. The minimum Gasteiger partial charge on any atom is -0.465 e. The molecule has 1 N–H and O–H groups in total. The summed E-state index contributed by atoms with van der Waals surface area (Å²) in [6, 6.07) is 24.5. The van der Waals surface area contributed by atoms with Crippen LogP contribution in [0.5, 0.6) is 0 Å². The third kappa shape index (κ3) is 2.86. The van der Waals surface area contributed by atoms with E-state index in [1.807, 2.05) is 55.5 Å². The zero-order valence-electron chi connectivity index (χ0n) is 14.2. The molecule has 1 heterocycles. The Balaban J connectivity index is 1.57. The van der Waals surface area contributed by atoms with Crippen molar-refractivity contribution in [1.82, 2.24) is 5.32 Å². The summed E-state index contributed by atoms with van der Waals surface area (Å²) in [5, 5.41) is 3.04. The number of hydrogen-bond acceptors (Lipinski definition) is 2. The molecular formula is C22H21NO2. The van der Waals surface area contributed by atoms with Gasteiger partial charge in [0.25, 0.3) is 0 Å². The van der Waals surface area contributed by atoms with Crippen LogP contribution in [-0.2, 0) is 16.8 Å². The van der Waals surface area contributed by atoms with Crippen LogP contribution in [0.25, 0.3) is 0 Å². The highest BCUT2D eigenvalue weighted by Crippen LogP contribution is 2.58. The Labute approximate surface area is 147 Å². The van der Waals surface area contributed by atoms with Crippen molar-refractivity contribution in [1.29, 1.82) is 0 Å². The number of hydrogen-bond donors (Lipinski definition) is 1. The summed E-state index contributed by atoms with van der Waals surface area (Å²) in [5.41, 5.74) is 2.19. The molecule has 1 fully saturated rings. The van der Waals surface area contributed by atoms with Crippen LogP contribution in [0.1, 0.15) is 29.1 Å². The van der Waals surface area contributed by atoms with E-state index in [2.05, 4.69) is 29.6 Å². The van der Waals surface area contributed by atoms with Crippen LogP contribution in [-0.4, -0.2) is 5.91 Å². The summed E-state index contributed by atoms with van der Waals surface area (Å²) in [6.07, 6.45) is 0.837. The fourth-order valence-corrected chi connectivity index (χ4v) is 3.73. The van der Waals surface area contributed by atoms with Crippen molar-refractivity contribution in [2.75, 3.05) is 0 Å². The van der Waals surface area contributed by atoms with E-state index in [1.54, 1.807) is 0 Å². The minimum absolute atomic E-state index is 0.0478. The lowest BCUT2D eigenvalue weighted by Gasteiger charge is -2.18. The largest absolute Gasteiger partial charge is 0.465 e. The van der Waals surface area contributed by atoms with Crippen molar-refractivity contribution in [3.05, 3.63) is 95.4 Å². The average molecular weight is 331 g/mol. The monoisotopic (exact) mass is 331 g/mol. The van der Waals surface area contributed by atoms with Gasteiger partial charge in [-0.25, -0.2) is 0 Å². The number of benzene rings is 2. The molecule has 25 heavy (non-hydrogen) atoms. The molecule has 1 aromatic heterocycles. The molecule has 0 bridgehead atoms. The standard InChI is InChI=1S/C22H21NO2/c1-16-12-13-19(25-16)15-23-21(24)20-14-22(20,17-8-4-2-5-9-17)18-10-6-3-7-11-18/h2-13,20H,14-15H2,1H3,(H,23,24). The van der Waals surface area contributed by atoms with Gasteiger partial charge in [0.15, 0.2) is 0 Å². The highest BCUT2D eigenvalue weighted by atomic mass is 16.3. The molecular weight excluding hydrogens is 310 g/mol. The van der Waals surface area contributed by atoms with E-state index in [-0.39, 0.29) is 17.2 Å². The van der Waals surface area contributed by atoms with Gasteiger partial charge in [-0.3, -0.25) is 4.79 Å². The first kappa shape index (κ1) is 15.7. The molecule has 0 saturated heterocycles. The van der Waals surface area contributed by atoms with Gasteiger partial charge >= 0.3 is 0 Å². The predicted octanol–water partition coefficient (Wildman–Crippen LogP) is 4.21. The SMILES string of the molecule is Cc1ccc(CNC(=O)C2CC2(c2ccccc2)c2ccccc2)o1. The zero-order valence-corrected chi connectivity index (χ0v) is 14.2. The van der Waals surface area contributed by atoms with Crippen LogP contribution in [0.2, 0.25) is 0 Å². The maximum Gasteiger partial charge on any atom is 0.224 e. The summed E-state index contributed by atoms with van der Waals surface area (Å²) in [4.78, 5) is 12.8. The van der Waals surface area contributed by atoms with Crippen molar-refractivity contribution in [2.24, 2.45) is 5.92 Å². The van der Waals surface area contributed by atoms with Gasteiger partial charge in [0, 0.05) is 5.41 Å². The lowest BCUT2D eigenvalue weighted by molar-refractivity contribution is -0.122. The highest BCUT2D eigenvalue weighted by Gasteiger charge is 2.60. The van der Waals surface area contributed by atoms with Gasteiger partial charge in [0.2, 0.25) is 5.91 Å². The number of carbonyl (C=O) groups excluding carboxylic acids is 1. The van der Waals surface area contributed by atoms with E-state index in [0.717, 1.165) is 17.9 Å². The number of nitrogens with one attached hydrogen (secondary N) is 1. The molecule has 3 nitrogen and oxygen atoms in total. The van der Waals surface area contributed by atoms with Crippen molar-refractivity contribution in [3.63, 3.8) is 0 Å². The maximum atomic E-state index is 12.8. The van der Waals surface area contributed by atoms with Gasteiger partial charge in [0.1, 0.15) is 11.5 Å². The van der Waals surface area contributed by atoms with Gasteiger partial charge in [0.05, 0.1) is 12.5 Å². The summed E-state index contributed by atoms with van der Waals surface area (Å²) in [5.74, 6) is 1.69. The first-order valence-electron chi connectivity index (χ1n) is 8.64. The van der Waals surface area contributed by atoms with E-state index in [4.69, 9.17) is 4.42 Å². The van der Waals surface area contributed by atoms with Gasteiger partial charge in [-0.1, -0.05) is 60.7 Å². The molecule has 0 spiro atoms. The molecule has 1 unspecified atom stereocenters. The Morgan fingerprint density at radius 2 is 1.60 bits per heavy atom. The van der Waals surface area contributed by atoms with Crippen molar-refractivity contribution < 1.29 is 9.21 Å². The summed E-state index contributed by atoms with van der Waals surface area (Å²) >= 11 is 0.